The molecule has 0 radical (unpaired) electrons. The first-order valence-corrected chi connectivity index (χ1v) is 11.3. The van der Waals surface area contributed by atoms with E-state index < -0.39 is 34.5 Å². The van der Waals surface area contributed by atoms with Crippen molar-refractivity contribution in [3.8, 4) is 17.2 Å². The molecule has 2 aromatic rings. The second-order valence-corrected chi connectivity index (χ2v) is 8.60. The van der Waals surface area contributed by atoms with E-state index in [0.717, 1.165) is 6.42 Å². The number of amides is 1. The molecule has 2 N–H and O–H groups in total. The Morgan fingerprint density at radius 3 is 2.44 bits per heavy atom. The summed E-state index contributed by atoms with van der Waals surface area (Å²) in [6, 6.07) is 9.41. The van der Waals surface area contributed by atoms with Crippen LogP contribution >= 0.6 is 0 Å². The van der Waals surface area contributed by atoms with Gasteiger partial charge in [-0.25, -0.2) is 8.42 Å². The molecular formula is C21H24N2O8S. The molecule has 10 nitrogen and oxygen atoms in total. The van der Waals surface area contributed by atoms with Gasteiger partial charge in [-0.1, -0.05) is 0 Å². The molecule has 32 heavy (non-hydrogen) atoms. The molecule has 11 heteroatoms. The van der Waals surface area contributed by atoms with Crippen LogP contribution < -0.4 is 24.2 Å². The number of rotatable bonds is 8. The minimum absolute atomic E-state index is 0.0369. The summed E-state index contributed by atoms with van der Waals surface area (Å²) >= 11 is 0. The highest BCUT2D eigenvalue weighted by molar-refractivity contribution is 7.89. The van der Waals surface area contributed by atoms with Crippen molar-refractivity contribution in [3.63, 3.8) is 0 Å². The molecule has 0 aromatic heterocycles. The number of methoxy groups -OCH3 is 1. The van der Waals surface area contributed by atoms with Gasteiger partial charge < -0.3 is 24.3 Å². The summed E-state index contributed by atoms with van der Waals surface area (Å²) in [5, 5.41) is 2.59. The number of sulfonamides is 1. The largest absolute Gasteiger partial charge is 0.497 e. The van der Waals surface area contributed by atoms with Gasteiger partial charge in [0.2, 0.25) is 10.0 Å². The Bertz CT molecular complexity index is 1070. The van der Waals surface area contributed by atoms with Crippen molar-refractivity contribution in [1.82, 2.24) is 4.72 Å². The first kappa shape index (κ1) is 23.4. The molecule has 0 saturated heterocycles. The monoisotopic (exact) mass is 464 g/mol. The van der Waals surface area contributed by atoms with Crippen molar-refractivity contribution in [2.75, 3.05) is 32.2 Å². The van der Waals surface area contributed by atoms with Gasteiger partial charge in [0.05, 0.1) is 25.2 Å². The van der Waals surface area contributed by atoms with Gasteiger partial charge in [-0.05, 0) is 43.3 Å². The maximum absolute atomic E-state index is 12.4. The first-order chi connectivity index (χ1) is 15.3. The third-order valence-electron chi connectivity index (χ3n) is 4.43. The van der Waals surface area contributed by atoms with E-state index in [1.165, 1.54) is 38.3 Å². The molecule has 1 aliphatic rings. The van der Waals surface area contributed by atoms with Gasteiger partial charge in [-0.3, -0.25) is 9.59 Å². The van der Waals surface area contributed by atoms with Gasteiger partial charge in [-0.2, -0.15) is 4.72 Å². The predicted octanol–water partition coefficient (Wildman–Crippen LogP) is 1.71. The molecule has 0 spiro atoms. The fourth-order valence-corrected chi connectivity index (χ4v) is 4.00. The number of esters is 1. The lowest BCUT2D eigenvalue weighted by Gasteiger charge is -2.14. The van der Waals surface area contributed by atoms with Crippen molar-refractivity contribution in [1.29, 1.82) is 0 Å². The zero-order chi connectivity index (χ0) is 23.1. The third kappa shape index (κ3) is 6.11. The van der Waals surface area contributed by atoms with Crippen LogP contribution in [-0.4, -0.2) is 53.3 Å². The average molecular weight is 464 g/mol. The van der Waals surface area contributed by atoms with Crippen molar-refractivity contribution in [3.05, 3.63) is 42.5 Å². The maximum atomic E-state index is 12.4. The highest BCUT2D eigenvalue weighted by Gasteiger charge is 2.24. The smallest absolute Gasteiger partial charge is 0.324 e. The van der Waals surface area contributed by atoms with E-state index in [0.29, 0.717) is 36.1 Å². The van der Waals surface area contributed by atoms with Gasteiger partial charge >= 0.3 is 5.97 Å². The molecule has 2 aromatic carbocycles. The second kappa shape index (κ2) is 10.3. The minimum atomic E-state index is -3.96. The van der Waals surface area contributed by atoms with Gasteiger partial charge in [0, 0.05) is 18.2 Å². The van der Waals surface area contributed by atoms with Crippen LogP contribution in [0.1, 0.15) is 13.3 Å². The van der Waals surface area contributed by atoms with Crippen molar-refractivity contribution >= 4 is 27.6 Å². The molecule has 172 valence electrons. The molecule has 3 rings (SSSR count). The van der Waals surface area contributed by atoms with Gasteiger partial charge in [0.1, 0.15) is 11.8 Å². The van der Waals surface area contributed by atoms with E-state index in [4.69, 9.17) is 18.9 Å². The summed E-state index contributed by atoms with van der Waals surface area (Å²) in [7, 11) is -2.50. The highest BCUT2D eigenvalue weighted by Crippen LogP contribution is 2.32. The van der Waals surface area contributed by atoms with Crippen LogP contribution in [0.4, 0.5) is 5.69 Å². The van der Waals surface area contributed by atoms with Gasteiger partial charge in [0.25, 0.3) is 5.91 Å². The number of hydrogen-bond acceptors (Lipinski definition) is 8. The summed E-state index contributed by atoms with van der Waals surface area (Å²) in [4.78, 5) is 24.2. The Balaban J connectivity index is 1.51. The molecule has 0 saturated carbocycles. The van der Waals surface area contributed by atoms with Crippen LogP contribution in [-0.2, 0) is 24.3 Å². The summed E-state index contributed by atoms with van der Waals surface area (Å²) in [6.45, 7) is 1.80. The normalized spacial score (nSPS) is 14.1. The molecule has 0 bridgehead atoms. The average Bonchev–Trinajstić information content (AvgIpc) is 3.02. The lowest BCUT2D eigenvalue weighted by Crippen LogP contribution is -2.40. The lowest BCUT2D eigenvalue weighted by atomic mass is 10.2. The number of anilines is 1. The molecule has 1 heterocycles. The van der Waals surface area contributed by atoms with E-state index in [-0.39, 0.29) is 4.90 Å². The Labute approximate surface area is 185 Å². The fourth-order valence-electron chi connectivity index (χ4n) is 2.80. The third-order valence-corrected chi connectivity index (χ3v) is 5.99. The molecular weight excluding hydrogens is 440 g/mol. The van der Waals surface area contributed by atoms with Crippen LogP contribution in [0.25, 0.3) is 0 Å². The number of nitrogens with one attached hydrogen (secondary N) is 2. The van der Waals surface area contributed by atoms with Crippen LogP contribution in [0.15, 0.2) is 47.4 Å². The number of fused-ring (bicyclic) bond motifs is 1. The summed E-state index contributed by atoms with van der Waals surface area (Å²) in [6.07, 6.45) is 0.757. The topological polar surface area (TPSA) is 129 Å². The highest BCUT2D eigenvalue weighted by atomic mass is 32.2. The van der Waals surface area contributed by atoms with Crippen LogP contribution in [0, 0.1) is 0 Å². The Morgan fingerprint density at radius 2 is 1.75 bits per heavy atom. The number of carbonyl (C=O) groups excluding carboxylic acids is 2. The van der Waals surface area contributed by atoms with E-state index in [1.54, 1.807) is 18.2 Å². The number of benzene rings is 2. The fraction of sp³-hybridized carbons (Fsp3) is 0.333. The van der Waals surface area contributed by atoms with E-state index in [9.17, 15) is 18.0 Å². The predicted molar refractivity (Wildman–Crippen MR) is 114 cm³/mol. The SMILES string of the molecule is COc1ccc(S(=O)(=O)N[C@@H](C)C(=O)OCC(=O)Nc2ccc3c(c2)OCCCO3)cc1. The Kier molecular flexibility index (Phi) is 7.54. The van der Waals surface area contributed by atoms with E-state index in [1.807, 2.05) is 0 Å². The second-order valence-electron chi connectivity index (χ2n) is 6.89. The summed E-state index contributed by atoms with van der Waals surface area (Å²) in [5.74, 6) is 0.119. The number of carbonyl (C=O) groups is 2. The van der Waals surface area contributed by atoms with Crippen LogP contribution in [0.2, 0.25) is 0 Å². The maximum Gasteiger partial charge on any atom is 0.324 e. The lowest BCUT2D eigenvalue weighted by molar-refractivity contribution is -0.148. The van der Waals surface area contributed by atoms with Gasteiger partial charge in [0.15, 0.2) is 18.1 Å². The van der Waals surface area contributed by atoms with E-state index >= 15 is 0 Å². The first-order valence-electron chi connectivity index (χ1n) is 9.81. The molecule has 1 atom stereocenters. The Morgan fingerprint density at radius 1 is 1.06 bits per heavy atom. The van der Waals surface area contributed by atoms with Crippen LogP contribution in [0.3, 0.4) is 0 Å². The standard InChI is InChI=1S/C21H24N2O8S/c1-14(23-32(26,27)17-7-5-16(28-2)6-8-17)21(25)31-13-20(24)22-15-4-9-18-19(12-15)30-11-3-10-29-18/h4-9,12,14,23H,3,10-11,13H2,1-2H3,(H,22,24)/t14-/m0/s1. The quantitative estimate of drug-likeness (QED) is 0.565. The number of hydrogen-bond donors (Lipinski definition) is 2. The molecule has 0 fully saturated rings. The molecule has 1 amide bonds. The van der Waals surface area contributed by atoms with Crippen molar-refractivity contribution < 1.29 is 37.0 Å². The van der Waals surface area contributed by atoms with E-state index in [2.05, 4.69) is 10.0 Å². The summed E-state index contributed by atoms with van der Waals surface area (Å²) in [5.41, 5.74) is 0.448. The van der Waals surface area contributed by atoms with Crippen LogP contribution in [0.5, 0.6) is 17.2 Å². The van der Waals surface area contributed by atoms with Gasteiger partial charge in [-0.15, -0.1) is 0 Å². The van der Waals surface area contributed by atoms with Crippen molar-refractivity contribution in [2.45, 2.75) is 24.3 Å². The molecule has 1 aliphatic heterocycles. The molecule has 0 unspecified atom stereocenters. The number of ether oxygens (including phenoxy) is 4. The molecule has 0 aliphatic carbocycles. The Hall–Kier alpha value is -3.31. The summed E-state index contributed by atoms with van der Waals surface area (Å²) < 4.78 is 48.0. The minimum Gasteiger partial charge on any atom is -0.497 e. The van der Waals surface area contributed by atoms with Crippen molar-refractivity contribution in [2.24, 2.45) is 0 Å². The zero-order valence-electron chi connectivity index (χ0n) is 17.6. The zero-order valence-corrected chi connectivity index (χ0v) is 18.4.